The summed E-state index contributed by atoms with van der Waals surface area (Å²) >= 11 is 0. The van der Waals surface area contributed by atoms with Gasteiger partial charge in [-0.3, -0.25) is 0 Å². The number of benzene rings is 1. The van der Waals surface area contributed by atoms with E-state index in [0.29, 0.717) is 12.5 Å². The topological polar surface area (TPSA) is 35.2 Å². The Labute approximate surface area is 108 Å². The lowest BCUT2D eigenvalue weighted by atomic mass is 9.96. The molecule has 2 unspecified atom stereocenters. The molecule has 1 aliphatic carbocycles. The van der Waals surface area contributed by atoms with Gasteiger partial charge in [0.2, 0.25) is 0 Å². The van der Waals surface area contributed by atoms with Crippen molar-refractivity contribution in [2.24, 2.45) is 11.7 Å². The van der Waals surface area contributed by atoms with Crippen molar-refractivity contribution in [2.75, 3.05) is 6.61 Å². The average Bonchev–Trinajstić information content (AvgIpc) is 3.13. The van der Waals surface area contributed by atoms with Gasteiger partial charge in [0, 0.05) is 12.6 Å². The van der Waals surface area contributed by atoms with Crippen LogP contribution in [0.2, 0.25) is 0 Å². The van der Waals surface area contributed by atoms with E-state index >= 15 is 0 Å². The van der Waals surface area contributed by atoms with Gasteiger partial charge in [0.1, 0.15) is 5.82 Å². The number of hydrogen-bond acceptors (Lipinski definition) is 2. The number of halogens is 1. The third-order valence-corrected chi connectivity index (χ3v) is 3.63. The standard InChI is InChI=1S/C15H22FNO/c1-3-18-15(11-4-5-11)14(17)9-12-6-7-13(16)8-10(12)2/h6-8,11,14-15H,3-5,9,17H2,1-2H3. The smallest absolute Gasteiger partial charge is 0.123 e. The van der Waals surface area contributed by atoms with Crippen LogP contribution in [0.15, 0.2) is 18.2 Å². The summed E-state index contributed by atoms with van der Waals surface area (Å²) in [6.45, 7) is 4.64. The Kier molecular flexibility index (Phi) is 4.36. The van der Waals surface area contributed by atoms with E-state index in [4.69, 9.17) is 10.5 Å². The maximum absolute atomic E-state index is 13.0. The average molecular weight is 251 g/mol. The molecule has 1 aromatic rings. The van der Waals surface area contributed by atoms with E-state index in [-0.39, 0.29) is 18.0 Å². The second-order valence-electron chi connectivity index (χ2n) is 5.20. The van der Waals surface area contributed by atoms with Crippen molar-refractivity contribution < 1.29 is 9.13 Å². The molecule has 1 aromatic carbocycles. The van der Waals surface area contributed by atoms with E-state index in [1.807, 2.05) is 19.9 Å². The van der Waals surface area contributed by atoms with Crippen molar-refractivity contribution in [3.05, 3.63) is 35.1 Å². The second-order valence-corrected chi connectivity index (χ2v) is 5.20. The van der Waals surface area contributed by atoms with Crippen molar-refractivity contribution in [1.29, 1.82) is 0 Å². The van der Waals surface area contributed by atoms with Crippen molar-refractivity contribution in [3.63, 3.8) is 0 Å². The first kappa shape index (κ1) is 13.5. The summed E-state index contributed by atoms with van der Waals surface area (Å²) < 4.78 is 18.8. The largest absolute Gasteiger partial charge is 0.377 e. The molecule has 2 rings (SSSR count). The van der Waals surface area contributed by atoms with Crippen LogP contribution in [0.25, 0.3) is 0 Å². The van der Waals surface area contributed by atoms with Crippen LogP contribution in [0.1, 0.15) is 30.9 Å². The lowest BCUT2D eigenvalue weighted by molar-refractivity contribution is 0.0287. The van der Waals surface area contributed by atoms with Crippen LogP contribution in [-0.4, -0.2) is 18.8 Å². The van der Waals surface area contributed by atoms with Gasteiger partial charge in [0.25, 0.3) is 0 Å². The normalized spacial score (nSPS) is 18.7. The van der Waals surface area contributed by atoms with E-state index in [0.717, 1.165) is 17.5 Å². The van der Waals surface area contributed by atoms with Crippen LogP contribution in [-0.2, 0) is 11.2 Å². The van der Waals surface area contributed by atoms with Crippen LogP contribution < -0.4 is 5.73 Å². The maximum atomic E-state index is 13.0. The summed E-state index contributed by atoms with van der Waals surface area (Å²) in [4.78, 5) is 0. The first-order chi connectivity index (χ1) is 8.61. The molecule has 0 heterocycles. The molecule has 3 heteroatoms. The molecule has 0 aliphatic heterocycles. The first-order valence-corrected chi connectivity index (χ1v) is 6.74. The van der Waals surface area contributed by atoms with Crippen LogP contribution in [0.4, 0.5) is 4.39 Å². The molecule has 2 nitrogen and oxygen atoms in total. The van der Waals surface area contributed by atoms with E-state index in [1.165, 1.54) is 18.9 Å². The summed E-state index contributed by atoms with van der Waals surface area (Å²) in [6.07, 6.45) is 3.36. The van der Waals surface area contributed by atoms with Crippen LogP contribution in [0.5, 0.6) is 0 Å². The summed E-state index contributed by atoms with van der Waals surface area (Å²) in [7, 11) is 0. The van der Waals surface area contributed by atoms with E-state index in [2.05, 4.69) is 0 Å². The lowest BCUT2D eigenvalue weighted by Crippen LogP contribution is -2.40. The quantitative estimate of drug-likeness (QED) is 0.843. The van der Waals surface area contributed by atoms with Gasteiger partial charge in [0.15, 0.2) is 0 Å². The van der Waals surface area contributed by atoms with Gasteiger partial charge in [-0.25, -0.2) is 4.39 Å². The highest BCUT2D eigenvalue weighted by Gasteiger charge is 2.35. The highest BCUT2D eigenvalue weighted by molar-refractivity contribution is 5.27. The fourth-order valence-corrected chi connectivity index (χ4v) is 2.48. The molecule has 1 aliphatic rings. The zero-order valence-electron chi connectivity index (χ0n) is 11.2. The zero-order chi connectivity index (χ0) is 13.1. The number of nitrogens with two attached hydrogens (primary N) is 1. The molecule has 0 spiro atoms. The van der Waals surface area contributed by atoms with Crippen molar-refractivity contribution in [3.8, 4) is 0 Å². The van der Waals surface area contributed by atoms with Gasteiger partial charge in [-0.2, -0.15) is 0 Å². The van der Waals surface area contributed by atoms with Gasteiger partial charge in [-0.15, -0.1) is 0 Å². The van der Waals surface area contributed by atoms with Gasteiger partial charge in [-0.05, 0) is 62.3 Å². The lowest BCUT2D eigenvalue weighted by Gasteiger charge is -2.24. The second kappa shape index (κ2) is 5.81. The predicted molar refractivity (Wildman–Crippen MR) is 71.0 cm³/mol. The Morgan fingerprint density at radius 2 is 2.17 bits per heavy atom. The Hall–Kier alpha value is -0.930. The first-order valence-electron chi connectivity index (χ1n) is 6.74. The fourth-order valence-electron chi connectivity index (χ4n) is 2.48. The third-order valence-electron chi connectivity index (χ3n) is 3.63. The fraction of sp³-hybridized carbons (Fsp3) is 0.600. The monoisotopic (exact) mass is 251 g/mol. The maximum Gasteiger partial charge on any atom is 0.123 e. The minimum Gasteiger partial charge on any atom is -0.377 e. The Bertz CT molecular complexity index is 403. The van der Waals surface area contributed by atoms with Crippen LogP contribution in [0, 0.1) is 18.7 Å². The Balaban J connectivity index is 2.02. The minimum atomic E-state index is -0.187. The molecular weight excluding hydrogens is 229 g/mol. The number of aryl methyl sites for hydroxylation is 1. The number of hydrogen-bond donors (Lipinski definition) is 1. The van der Waals surface area contributed by atoms with Crippen molar-refractivity contribution in [1.82, 2.24) is 0 Å². The summed E-state index contributed by atoms with van der Waals surface area (Å²) in [5.74, 6) is 0.439. The predicted octanol–water partition coefficient (Wildman–Crippen LogP) is 2.82. The summed E-state index contributed by atoms with van der Waals surface area (Å²) in [5, 5.41) is 0. The van der Waals surface area contributed by atoms with E-state index < -0.39 is 0 Å². The minimum absolute atomic E-state index is 0.00149. The van der Waals surface area contributed by atoms with Crippen LogP contribution >= 0.6 is 0 Å². The molecule has 0 radical (unpaired) electrons. The number of ether oxygens (including phenoxy) is 1. The van der Waals surface area contributed by atoms with Gasteiger partial charge >= 0.3 is 0 Å². The molecule has 0 bridgehead atoms. The molecule has 1 fully saturated rings. The Morgan fingerprint density at radius 1 is 1.44 bits per heavy atom. The van der Waals surface area contributed by atoms with Crippen molar-refractivity contribution >= 4 is 0 Å². The molecule has 1 saturated carbocycles. The molecule has 0 saturated heterocycles. The highest BCUT2D eigenvalue weighted by Crippen LogP contribution is 2.36. The molecule has 0 amide bonds. The molecular formula is C15H22FNO. The molecule has 2 atom stereocenters. The van der Waals surface area contributed by atoms with Gasteiger partial charge in [-0.1, -0.05) is 6.07 Å². The summed E-state index contributed by atoms with van der Waals surface area (Å²) in [5.41, 5.74) is 8.35. The van der Waals surface area contributed by atoms with Crippen molar-refractivity contribution in [2.45, 2.75) is 45.3 Å². The molecule has 100 valence electrons. The van der Waals surface area contributed by atoms with E-state index in [1.54, 1.807) is 6.07 Å². The molecule has 0 aromatic heterocycles. The van der Waals surface area contributed by atoms with E-state index in [9.17, 15) is 4.39 Å². The number of rotatable bonds is 6. The zero-order valence-corrected chi connectivity index (χ0v) is 11.2. The highest BCUT2D eigenvalue weighted by atomic mass is 19.1. The van der Waals surface area contributed by atoms with Crippen LogP contribution in [0.3, 0.4) is 0 Å². The molecule has 2 N–H and O–H groups in total. The van der Waals surface area contributed by atoms with Gasteiger partial charge < -0.3 is 10.5 Å². The van der Waals surface area contributed by atoms with Gasteiger partial charge in [0.05, 0.1) is 6.10 Å². The summed E-state index contributed by atoms with van der Waals surface area (Å²) in [6, 6.07) is 4.90. The Morgan fingerprint density at radius 3 is 2.72 bits per heavy atom. The molecule has 18 heavy (non-hydrogen) atoms. The SMILES string of the molecule is CCOC(C(N)Cc1ccc(F)cc1C)C1CC1. The third kappa shape index (κ3) is 3.30.